The standard InChI is InChI=1S/C20H23N4O/c1-2-6-17-16(5-1)13-21-20(25-17)15-10-8-14(9-11-15)19-22-18-7-3-4-12-24(18)23-19/h3-4,7-12,16-17,19-21H,1-2,5-6,13H2/q+1/t16-,17+,19?,20-/m0/s1. The molecule has 128 valence electrons. The van der Waals surface area contributed by atoms with Crippen LogP contribution in [0.25, 0.3) is 0 Å². The fourth-order valence-electron chi connectivity index (χ4n) is 4.14. The number of pyridine rings is 1. The molecule has 0 radical (unpaired) electrons. The van der Waals surface area contributed by atoms with Crippen molar-refractivity contribution in [1.82, 2.24) is 5.32 Å². The summed E-state index contributed by atoms with van der Waals surface area (Å²) in [5.41, 5.74) is 3.20. The van der Waals surface area contributed by atoms with Gasteiger partial charge in [-0.2, -0.15) is 0 Å². The van der Waals surface area contributed by atoms with Crippen LogP contribution in [0.5, 0.6) is 0 Å². The molecule has 1 aromatic heterocycles. The molecule has 1 saturated heterocycles. The van der Waals surface area contributed by atoms with Crippen molar-refractivity contribution in [3.63, 3.8) is 0 Å². The number of nitrogens with zero attached hydrogens (tertiary/aromatic N) is 3. The van der Waals surface area contributed by atoms with Crippen LogP contribution in [0.3, 0.4) is 0 Å². The van der Waals surface area contributed by atoms with Crippen molar-refractivity contribution >= 4 is 0 Å². The molecule has 0 bridgehead atoms. The summed E-state index contributed by atoms with van der Waals surface area (Å²) in [6.07, 6.45) is 7.37. The fourth-order valence-corrected chi connectivity index (χ4v) is 4.14. The minimum absolute atomic E-state index is 0.0115. The van der Waals surface area contributed by atoms with Crippen LogP contribution in [0.4, 0.5) is 0 Å². The Labute approximate surface area is 147 Å². The van der Waals surface area contributed by atoms with E-state index in [1.807, 2.05) is 28.8 Å². The first-order valence-corrected chi connectivity index (χ1v) is 9.28. The molecule has 0 amide bonds. The van der Waals surface area contributed by atoms with Gasteiger partial charge in [-0.05, 0) is 35.4 Å². The van der Waals surface area contributed by atoms with E-state index in [1.165, 1.54) is 31.2 Å². The monoisotopic (exact) mass is 335 g/mol. The van der Waals surface area contributed by atoms with Crippen LogP contribution in [0.15, 0.2) is 58.8 Å². The molecule has 1 N–H and O–H groups in total. The third kappa shape index (κ3) is 2.87. The molecule has 3 heterocycles. The van der Waals surface area contributed by atoms with E-state index >= 15 is 0 Å². The molecule has 1 saturated carbocycles. The van der Waals surface area contributed by atoms with Gasteiger partial charge in [0.15, 0.2) is 0 Å². The molecule has 1 aliphatic carbocycles. The minimum Gasteiger partial charge on any atom is -0.356 e. The molecule has 5 rings (SSSR count). The maximum absolute atomic E-state index is 6.33. The highest BCUT2D eigenvalue weighted by molar-refractivity contribution is 5.26. The Kier molecular flexibility index (Phi) is 3.83. The topological polar surface area (TPSA) is 51.9 Å². The van der Waals surface area contributed by atoms with E-state index in [4.69, 9.17) is 4.74 Å². The highest BCUT2D eigenvalue weighted by atomic mass is 16.5. The number of nitrogens with one attached hydrogen (secondary N) is 1. The molecule has 25 heavy (non-hydrogen) atoms. The van der Waals surface area contributed by atoms with Gasteiger partial charge in [0.2, 0.25) is 0 Å². The van der Waals surface area contributed by atoms with Gasteiger partial charge in [-0.25, -0.2) is 0 Å². The van der Waals surface area contributed by atoms with E-state index in [2.05, 4.69) is 39.7 Å². The normalized spacial score (nSPS) is 30.7. The van der Waals surface area contributed by atoms with Gasteiger partial charge >= 0.3 is 5.49 Å². The fraction of sp³-hybridized carbons (Fsp3) is 0.450. The van der Waals surface area contributed by atoms with E-state index < -0.39 is 0 Å². The van der Waals surface area contributed by atoms with E-state index in [-0.39, 0.29) is 12.4 Å². The van der Waals surface area contributed by atoms with Crippen LogP contribution in [-0.2, 0) is 4.74 Å². The maximum Gasteiger partial charge on any atom is 0.345 e. The van der Waals surface area contributed by atoms with Crippen LogP contribution in [0.2, 0.25) is 0 Å². The number of rotatable bonds is 2. The molecule has 2 aromatic rings. The molecule has 1 aromatic carbocycles. The van der Waals surface area contributed by atoms with Crippen molar-refractivity contribution in [3.05, 3.63) is 65.3 Å². The van der Waals surface area contributed by atoms with E-state index in [1.54, 1.807) is 0 Å². The van der Waals surface area contributed by atoms with Crippen LogP contribution < -0.4 is 15.2 Å². The zero-order valence-electron chi connectivity index (χ0n) is 14.2. The highest BCUT2D eigenvalue weighted by Crippen LogP contribution is 2.34. The van der Waals surface area contributed by atoms with Gasteiger partial charge in [0, 0.05) is 18.2 Å². The first-order valence-electron chi connectivity index (χ1n) is 9.28. The van der Waals surface area contributed by atoms with Gasteiger partial charge in [0.25, 0.3) is 6.17 Å². The lowest BCUT2D eigenvalue weighted by Gasteiger charge is -2.40. The lowest BCUT2D eigenvalue weighted by molar-refractivity contribution is -0.560. The van der Waals surface area contributed by atoms with Gasteiger partial charge in [-0.1, -0.05) is 48.3 Å². The summed E-state index contributed by atoms with van der Waals surface area (Å²) in [5, 5.41) is 8.19. The average Bonchev–Trinajstić information content (AvgIpc) is 3.12. The second kappa shape index (κ2) is 6.32. The largest absolute Gasteiger partial charge is 0.356 e. The summed E-state index contributed by atoms with van der Waals surface area (Å²) < 4.78 is 8.17. The van der Waals surface area contributed by atoms with Crippen molar-refractivity contribution in [2.45, 2.75) is 44.2 Å². The molecule has 2 fully saturated rings. The Bertz CT molecular complexity index is 844. The molecule has 3 aliphatic rings. The van der Waals surface area contributed by atoms with Gasteiger partial charge in [0.1, 0.15) is 12.4 Å². The lowest BCUT2D eigenvalue weighted by Crippen LogP contribution is -2.45. The van der Waals surface area contributed by atoms with Crippen LogP contribution in [-0.4, -0.2) is 12.6 Å². The summed E-state index contributed by atoms with van der Waals surface area (Å²) in [5.74, 6) is 0.691. The molecule has 1 unspecified atom stereocenters. The maximum atomic E-state index is 6.33. The first kappa shape index (κ1) is 15.2. The van der Waals surface area contributed by atoms with Crippen LogP contribution in [0, 0.1) is 5.92 Å². The summed E-state index contributed by atoms with van der Waals surface area (Å²) in [6.45, 7) is 1.07. The lowest BCUT2D eigenvalue weighted by atomic mass is 9.85. The van der Waals surface area contributed by atoms with E-state index in [0.29, 0.717) is 12.0 Å². The van der Waals surface area contributed by atoms with Crippen molar-refractivity contribution in [2.75, 3.05) is 6.54 Å². The Morgan fingerprint density at radius 3 is 2.72 bits per heavy atom. The smallest absolute Gasteiger partial charge is 0.345 e. The van der Waals surface area contributed by atoms with Crippen molar-refractivity contribution < 1.29 is 9.10 Å². The molecule has 4 atom stereocenters. The first-order chi connectivity index (χ1) is 12.4. The minimum atomic E-state index is -0.153. The molecule has 5 heteroatoms. The number of aromatic nitrogens is 1. The summed E-state index contributed by atoms with van der Waals surface area (Å²) in [6, 6.07) is 14.5. The van der Waals surface area contributed by atoms with Gasteiger partial charge in [-0.3, -0.25) is 5.32 Å². The molecule has 5 nitrogen and oxygen atoms in total. The summed E-state index contributed by atoms with van der Waals surface area (Å²) in [7, 11) is 0. The van der Waals surface area contributed by atoms with Gasteiger partial charge in [0.05, 0.1) is 6.10 Å². The Balaban J connectivity index is 1.33. The van der Waals surface area contributed by atoms with Crippen LogP contribution >= 0.6 is 0 Å². The SMILES string of the molecule is c1cc[n+]2c(c1)=NC(c1ccc([C@H]3NC[C@@H]4CCCC[C@H]4O3)cc1)N=2. The van der Waals surface area contributed by atoms with Crippen molar-refractivity contribution in [3.8, 4) is 0 Å². The third-order valence-electron chi connectivity index (χ3n) is 5.56. The average molecular weight is 335 g/mol. The Hall–Kier alpha value is -2.11. The quantitative estimate of drug-likeness (QED) is 0.858. The molecular formula is C20H23N4O+. The highest BCUT2D eigenvalue weighted by Gasteiger charge is 2.33. The number of hydrogen-bond donors (Lipinski definition) is 1. The van der Waals surface area contributed by atoms with Gasteiger partial charge in [-0.15, -0.1) is 4.36 Å². The number of ether oxygens (including phenoxy) is 1. The van der Waals surface area contributed by atoms with E-state index in [9.17, 15) is 0 Å². The van der Waals surface area contributed by atoms with Crippen molar-refractivity contribution in [2.24, 2.45) is 16.0 Å². The number of benzene rings is 1. The van der Waals surface area contributed by atoms with Gasteiger partial charge < -0.3 is 4.74 Å². The molecule has 0 spiro atoms. The van der Waals surface area contributed by atoms with Crippen LogP contribution in [0.1, 0.15) is 49.2 Å². The predicted molar refractivity (Wildman–Crippen MR) is 92.4 cm³/mol. The number of hydrogen-bond acceptors (Lipinski definition) is 4. The summed E-state index contributed by atoms with van der Waals surface area (Å²) in [4.78, 5) is 4.67. The van der Waals surface area contributed by atoms with E-state index in [0.717, 1.165) is 17.6 Å². The molecular weight excluding hydrogens is 312 g/mol. The second-order valence-corrected chi connectivity index (χ2v) is 7.20. The zero-order valence-corrected chi connectivity index (χ0v) is 14.2. The number of fused-ring (bicyclic) bond motifs is 2. The Morgan fingerprint density at radius 2 is 1.84 bits per heavy atom. The second-order valence-electron chi connectivity index (χ2n) is 7.20. The predicted octanol–water partition coefficient (Wildman–Crippen LogP) is 2.52. The third-order valence-corrected chi connectivity index (χ3v) is 5.56. The zero-order chi connectivity index (χ0) is 16.6. The van der Waals surface area contributed by atoms with Crippen molar-refractivity contribution in [1.29, 1.82) is 0 Å². The Morgan fingerprint density at radius 1 is 1.00 bits per heavy atom. The summed E-state index contributed by atoms with van der Waals surface area (Å²) >= 11 is 0. The molecule has 2 aliphatic heterocycles.